The van der Waals surface area contributed by atoms with Gasteiger partial charge in [-0.15, -0.1) is 0 Å². The van der Waals surface area contributed by atoms with Crippen LogP contribution in [-0.2, 0) is 6.54 Å². The zero-order valence-corrected chi connectivity index (χ0v) is 10.7. The van der Waals surface area contributed by atoms with Gasteiger partial charge in [-0.05, 0) is 44.3 Å². The summed E-state index contributed by atoms with van der Waals surface area (Å²) in [5.41, 5.74) is 1.95. The molecule has 1 N–H and O–H groups in total. The van der Waals surface area contributed by atoms with Crippen LogP contribution in [0.3, 0.4) is 0 Å². The van der Waals surface area contributed by atoms with E-state index in [2.05, 4.69) is 47.6 Å². The lowest BCUT2D eigenvalue weighted by molar-refractivity contribution is 0.289. The summed E-state index contributed by atoms with van der Waals surface area (Å²) in [5.74, 6) is 0.871. The van der Waals surface area contributed by atoms with Gasteiger partial charge in [-0.2, -0.15) is 0 Å². The zero-order valence-electron chi connectivity index (χ0n) is 10.7. The Morgan fingerprint density at radius 1 is 1.29 bits per heavy atom. The van der Waals surface area contributed by atoms with Crippen LogP contribution in [-0.4, -0.2) is 30.6 Å². The fourth-order valence-electron chi connectivity index (χ4n) is 3.27. The highest BCUT2D eigenvalue weighted by Crippen LogP contribution is 2.45. The number of likely N-dealkylation sites (tertiary alicyclic amines) is 1. The topological polar surface area (TPSA) is 15.3 Å². The largest absolute Gasteiger partial charge is 0.314 e. The van der Waals surface area contributed by atoms with Crippen LogP contribution in [0.2, 0.25) is 0 Å². The second-order valence-corrected chi connectivity index (χ2v) is 5.61. The lowest BCUT2D eigenvalue weighted by atomic mass is 9.97. The summed E-state index contributed by atoms with van der Waals surface area (Å²) >= 11 is 0. The minimum absolute atomic E-state index is 0.505. The van der Waals surface area contributed by atoms with Crippen molar-refractivity contribution in [2.45, 2.75) is 31.3 Å². The molecule has 1 aliphatic heterocycles. The molecule has 1 aromatic rings. The fourth-order valence-corrected chi connectivity index (χ4v) is 3.27. The van der Waals surface area contributed by atoms with Gasteiger partial charge >= 0.3 is 0 Å². The third kappa shape index (κ3) is 2.24. The molecule has 1 aromatic carbocycles. The van der Waals surface area contributed by atoms with Gasteiger partial charge in [0.1, 0.15) is 0 Å². The van der Waals surface area contributed by atoms with E-state index in [9.17, 15) is 0 Å². The predicted octanol–water partition coefficient (Wildman–Crippen LogP) is 2.26. The molecule has 1 atom stereocenters. The quantitative estimate of drug-likeness (QED) is 0.853. The smallest absolute Gasteiger partial charge is 0.0233 e. The van der Waals surface area contributed by atoms with E-state index in [0.717, 1.165) is 12.5 Å². The van der Waals surface area contributed by atoms with E-state index in [-0.39, 0.29) is 0 Å². The molecular weight excluding hydrogens is 208 g/mol. The molecule has 1 aliphatic carbocycles. The lowest BCUT2D eigenvalue weighted by Gasteiger charge is -2.23. The fraction of sp³-hybridized carbons (Fsp3) is 0.600. The van der Waals surface area contributed by atoms with Crippen LogP contribution in [0.4, 0.5) is 0 Å². The predicted molar refractivity (Wildman–Crippen MR) is 70.9 cm³/mol. The molecule has 3 rings (SSSR count). The van der Waals surface area contributed by atoms with Gasteiger partial charge in [-0.1, -0.05) is 30.3 Å². The van der Waals surface area contributed by atoms with Crippen LogP contribution in [0.15, 0.2) is 30.3 Å². The second kappa shape index (κ2) is 4.43. The van der Waals surface area contributed by atoms with Crippen molar-refractivity contribution in [2.75, 3.05) is 20.1 Å². The monoisotopic (exact) mass is 230 g/mol. The maximum atomic E-state index is 3.55. The molecule has 2 aliphatic rings. The van der Waals surface area contributed by atoms with Crippen LogP contribution >= 0.6 is 0 Å². The average Bonchev–Trinajstić information content (AvgIpc) is 3.05. The standard InChI is InChI=1S/C15H22N2/c1-16-15(8-9-15)14-7-10-17(12-14)11-13-5-3-2-4-6-13/h2-6,14,16H,7-12H2,1H3. The molecule has 92 valence electrons. The minimum atomic E-state index is 0.505. The Morgan fingerprint density at radius 2 is 2.06 bits per heavy atom. The molecule has 2 nitrogen and oxygen atoms in total. The van der Waals surface area contributed by atoms with Crippen molar-refractivity contribution in [3.05, 3.63) is 35.9 Å². The molecule has 0 amide bonds. The maximum absolute atomic E-state index is 3.55. The van der Waals surface area contributed by atoms with E-state index in [4.69, 9.17) is 0 Å². The van der Waals surface area contributed by atoms with Gasteiger partial charge in [0, 0.05) is 18.6 Å². The molecule has 0 aromatic heterocycles. The van der Waals surface area contributed by atoms with Crippen LogP contribution in [0.25, 0.3) is 0 Å². The number of nitrogens with zero attached hydrogens (tertiary/aromatic N) is 1. The Morgan fingerprint density at radius 3 is 2.71 bits per heavy atom. The van der Waals surface area contributed by atoms with Gasteiger partial charge in [0.2, 0.25) is 0 Å². The van der Waals surface area contributed by atoms with E-state index >= 15 is 0 Å². The van der Waals surface area contributed by atoms with Gasteiger partial charge in [-0.25, -0.2) is 0 Å². The third-order valence-electron chi connectivity index (χ3n) is 4.59. The van der Waals surface area contributed by atoms with Gasteiger partial charge in [-0.3, -0.25) is 4.90 Å². The number of nitrogens with one attached hydrogen (secondary N) is 1. The Balaban J connectivity index is 1.58. The highest BCUT2D eigenvalue weighted by Gasteiger charge is 2.49. The molecule has 1 saturated carbocycles. The molecule has 1 unspecified atom stereocenters. The van der Waals surface area contributed by atoms with Crippen LogP contribution < -0.4 is 5.32 Å². The van der Waals surface area contributed by atoms with Crippen molar-refractivity contribution < 1.29 is 0 Å². The van der Waals surface area contributed by atoms with E-state index < -0.39 is 0 Å². The molecule has 0 bridgehead atoms. The molecular formula is C15H22N2. The minimum Gasteiger partial charge on any atom is -0.314 e. The summed E-state index contributed by atoms with van der Waals surface area (Å²) in [6.45, 7) is 3.66. The molecule has 1 heterocycles. The average molecular weight is 230 g/mol. The SMILES string of the molecule is CNC1(C2CCN(Cc3ccccc3)C2)CC1. The summed E-state index contributed by atoms with van der Waals surface area (Å²) in [4.78, 5) is 2.61. The Bertz CT molecular complexity index is 370. The normalized spacial score (nSPS) is 27.2. The highest BCUT2D eigenvalue weighted by molar-refractivity contribution is 5.15. The van der Waals surface area contributed by atoms with Crippen molar-refractivity contribution in [3.63, 3.8) is 0 Å². The van der Waals surface area contributed by atoms with Crippen molar-refractivity contribution in [1.82, 2.24) is 10.2 Å². The van der Waals surface area contributed by atoms with Crippen LogP contribution in [0.1, 0.15) is 24.8 Å². The first-order valence-electron chi connectivity index (χ1n) is 6.78. The summed E-state index contributed by atoms with van der Waals surface area (Å²) in [7, 11) is 2.13. The van der Waals surface area contributed by atoms with Crippen molar-refractivity contribution in [1.29, 1.82) is 0 Å². The van der Waals surface area contributed by atoms with E-state index in [1.54, 1.807) is 0 Å². The van der Waals surface area contributed by atoms with Gasteiger partial charge in [0.25, 0.3) is 0 Å². The molecule has 0 radical (unpaired) electrons. The first-order chi connectivity index (χ1) is 8.32. The highest BCUT2D eigenvalue weighted by atomic mass is 15.2. The Kier molecular flexibility index (Phi) is 2.93. The Hall–Kier alpha value is -0.860. The van der Waals surface area contributed by atoms with Crippen LogP contribution in [0, 0.1) is 5.92 Å². The Labute approximate surface area is 104 Å². The molecule has 17 heavy (non-hydrogen) atoms. The molecule has 2 fully saturated rings. The first kappa shape index (κ1) is 11.2. The number of hydrogen-bond donors (Lipinski definition) is 1. The summed E-state index contributed by atoms with van der Waals surface area (Å²) in [5, 5.41) is 3.55. The maximum Gasteiger partial charge on any atom is 0.0233 e. The molecule has 1 saturated heterocycles. The molecule has 2 heteroatoms. The van der Waals surface area contributed by atoms with E-state index in [1.807, 2.05) is 0 Å². The van der Waals surface area contributed by atoms with Crippen molar-refractivity contribution in [3.8, 4) is 0 Å². The number of rotatable bonds is 4. The van der Waals surface area contributed by atoms with Gasteiger partial charge < -0.3 is 5.32 Å². The summed E-state index contributed by atoms with van der Waals surface area (Å²) in [6, 6.07) is 10.8. The number of benzene rings is 1. The van der Waals surface area contributed by atoms with Crippen molar-refractivity contribution >= 4 is 0 Å². The van der Waals surface area contributed by atoms with Crippen molar-refractivity contribution in [2.24, 2.45) is 5.92 Å². The van der Waals surface area contributed by atoms with Crippen LogP contribution in [0.5, 0.6) is 0 Å². The first-order valence-corrected chi connectivity index (χ1v) is 6.78. The molecule has 0 spiro atoms. The zero-order chi connectivity index (χ0) is 11.7. The second-order valence-electron chi connectivity index (χ2n) is 5.61. The summed E-state index contributed by atoms with van der Waals surface area (Å²) < 4.78 is 0. The third-order valence-corrected chi connectivity index (χ3v) is 4.59. The van der Waals surface area contributed by atoms with Gasteiger partial charge in [0.05, 0.1) is 0 Å². The van der Waals surface area contributed by atoms with E-state index in [0.29, 0.717) is 5.54 Å². The van der Waals surface area contributed by atoms with Gasteiger partial charge in [0.15, 0.2) is 0 Å². The lowest BCUT2D eigenvalue weighted by Crippen LogP contribution is -2.37. The number of hydrogen-bond acceptors (Lipinski definition) is 2. The summed E-state index contributed by atoms with van der Waals surface area (Å²) in [6.07, 6.45) is 4.13. The van der Waals surface area contributed by atoms with E-state index in [1.165, 1.54) is 37.9 Å².